The molecule has 0 amide bonds. The van der Waals surface area contributed by atoms with Gasteiger partial charge in [-0.2, -0.15) is 0 Å². The Kier molecular flexibility index (Phi) is 56.6. The fourth-order valence-corrected chi connectivity index (χ4v) is 7.09. The molecule has 6 heteroatoms. The summed E-state index contributed by atoms with van der Waals surface area (Å²) in [5, 5.41) is 0. The van der Waals surface area contributed by atoms with Crippen LogP contribution in [0.3, 0.4) is 0 Å². The molecule has 0 aliphatic rings. The van der Waals surface area contributed by atoms with Crippen molar-refractivity contribution in [1.82, 2.24) is 0 Å². The zero-order valence-electron chi connectivity index (χ0n) is 47.5. The van der Waals surface area contributed by atoms with E-state index in [9.17, 15) is 14.4 Å². The highest BCUT2D eigenvalue weighted by Gasteiger charge is 2.19. The third-order valence-corrected chi connectivity index (χ3v) is 11.4. The predicted octanol–water partition coefficient (Wildman–Crippen LogP) is 20.1. The highest BCUT2D eigenvalue weighted by atomic mass is 16.6. The van der Waals surface area contributed by atoms with Crippen molar-refractivity contribution < 1.29 is 28.6 Å². The number of carbonyl (C=O) groups excluding carboxylic acids is 3. The van der Waals surface area contributed by atoms with E-state index in [4.69, 9.17) is 14.2 Å². The quantitative estimate of drug-likeness (QED) is 0.0261. The zero-order chi connectivity index (χ0) is 54.3. The van der Waals surface area contributed by atoms with Gasteiger partial charge < -0.3 is 14.2 Å². The fourth-order valence-electron chi connectivity index (χ4n) is 7.09. The van der Waals surface area contributed by atoms with E-state index >= 15 is 0 Å². The molecule has 416 valence electrons. The van der Waals surface area contributed by atoms with Crippen molar-refractivity contribution >= 4 is 17.9 Å². The van der Waals surface area contributed by atoms with E-state index < -0.39 is 12.1 Å². The van der Waals surface area contributed by atoms with Gasteiger partial charge in [0.05, 0.1) is 0 Å². The van der Waals surface area contributed by atoms with Gasteiger partial charge in [0, 0.05) is 19.3 Å². The van der Waals surface area contributed by atoms with Crippen molar-refractivity contribution in [3.05, 3.63) is 182 Å². The van der Waals surface area contributed by atoms with Crippen molar-refractivity contribution in [2.24, 2.45) is 0 Å². The molecule has 0 fully saturated rings. The van der Waals surface area contributed by atoms with Crippen molar-refractivity contribution in [2.75, 3.05) is 13.2 Å². The summed E-state index contributed by atoms with van der Waals surface area (Å²) in [5.41, 5.74) is 0. The Labute approximate surface area is 459 Å². The van der Waals surface area contributed by atoms with E-state index in [2.05, 4.69) is 179 Å². The minimum atomic E-state index is -0.867. The monoisotopic (exact) mass is 1030 g/mol. The number of rotatable bonds is 50. The lowest BCUT2D eigenvalue weighted by Crippen LogP contribution is -2.30. The summed E-state index contributed by atoms with van der Waals surface area (Å²) in [5.74, 6) is -1.14. The summed E-state index contributed by atoms with van der Waals surface area (Å²) in [4.78, 5) is 38.2. The van der Waals surface area contributed by atoms with E-state index in [-0.39, 0.29) is 38.0 Å². The maximum absolute atomic E-state index is 12.8. The third-order valence-electron chi connectivity index (χ3n) is 11.4. The molecule has 0 aromatic heterocycles. The van der Waals surface area contributed by atoms with Crippen molar-refractivity contribution in [3.8, 4) is 0 Å². The number of hydrogen-bond donors (Lipinski definition) is 0. The topological polar surface area (TPSA) is 78.9 Å². The van der Waals surface area contributed by atoms with Crippen LogP contribution in [0.2, 0.25) is 0 Å². The van der Waals surface area contributed by atoms with E-state index in [0.29, 0.717) is 19.3 Å². The van der Waals surface area contributed by atoms with Gasteiger partial charge in [-0.25, -0.2) is 0 Å². The van der Waals surface area contributed by atoms with Crippen molar-refractivity contribution in [3.63, 3.8) is 0 Å². The van der Waals surface area contributed by atoms with Crippen LogP contribution in [0.1, 0.15) is 213 Å². The molecular formula is C69H104O6. The van der Waals surface area contributed by atoms with Crippen LogP contribution in [-0.2, 0) is 28.6 Å². The van der Waals surface area contributed by atoms with Gasteiger partial charge in [0.25, 0.3) is 0 Å². The lowest BCUT2D eigenvalue weighted by atomic mass is 10.1. The third kappa shape index (κ3) is 59.3. The summed E-state index contributed by atoms with van der Waals surface area (Å²) in [6, 6.07) is 0. The standard InChI is InChI=1S/C69H104O6/c1-4-7-10-13-16-19-22-25-28-31-34-37-40-43-46-49-52-55-58-61-67(70)73-64-66(75-69(72)63-60-57-54-51-48-45-42-39-36-33-30-27-24-21-18-15-12-9-6-3)65-74-68(71)62-59-56-53-50-47-44-41-38-35-32-29-26-23-20-17-14-11-8-5-2/h7,9-10,12,16-21,25-30,34-39,43,45-46,48,52,54-55,57,66H,4-6,8,11,13-15,22-24,31-33,40-42,44,47,49-51,53,56,58-65H2,1-3H3/b10-7-,12-9-,19-16-,20-17-,21-18-,28-25-,29-26-,30-27-,37-34-,38-35-,39-36-,46-43-,48-45-,55-52-,57-54-/t66-/m0/s1. The van der Waals surface area contributed by atoms with Crippen LogP contribution >= 0.6 is 0 Å². The van der Waals surface area contributed by atoms with Crippen LogP contribution in [0.25, 0.3) is 0 Å². The Bertz CT molecular complexity index is 1800. The molecule has 0 aliphatic heterocycles. The van der Waals surface area contributed by atoms with Crippen molar-refractivity contribution in [1.29, 1.82) is 0 Å². The summed E-state index contributed by atoms with van der Waals surface area (Å²) in [7, 11) is 0. The Morgan fingerprint density at radius 3 is 0.893 bits per heavy atom. The average molecular weight is 1030 g/mol. The van der Waals surface area contributed by atoms with E-state index in [1.165, 1.54) is 38.5 Å². The molecule has 0 aromatic carbocycles. The number of allylic oxidation sites excluding steroid dienone is 30. The van der Waals surface area contributed by atoms with E-state index in [0.717, 1.165) is 122 Å². The first-order valence-electron chi connectivity index (χ1n) is 29.3. The molecule has 0 saturated carbocycles. The second-order valence-corrected chi connectivity index (χ2v) is 18.4. The molecule has 0 bridgehead atoms. The van der Waals surface area contributed by atoms with Gasteiger partial charge in [0.2, 0.25) is 0 Å². The van der Waals surface area contributed by atoms with Gasteiger partial charge in [-0.3, -0.25) is 14.4 Å². The van der Waals surface area contributed by atoms with Gasteiger partial charge in [-0.15, -0.1) is 0 Å². The molecule has 0 heterocycles. The molecule has 0 saturated heterocycles. The number of unbranched alkanes of at least 4 members (excludes halogenated alkanes) is 9. The Morgan fingerprint density at radius 2 is 0.547 bits per heavy atom. The fraction of sp³-hybridized carbons (Fsp3) is 0.522. The summed E-state index contributed by atoms with van der Waals surface area (Å²) in [6.07, 6.45) is 91.9. The molecule has 0 aromatic rings. The maximum Gasteiger partial charge on any atom is 0.306 e. The molecule has 1 atom stereocenters. The molecule has 75 heavy (non-hydrogen) atoms. The van der Waals surface area contributed by atoms with Gasteiger partial charge in [0.15, 0.2) is 6.10 Å². The molecule has 6 nitrogen and oxygen atoms in total. The van der Waals surface area contributed by atoms with Crippen LogP contribution < -0.4 is 0 Å². The maximum atomic E-state index is 12.8. The summed E-state index contributed by atoms with van der Waals surface area (Å²) in [6.45, 7) is 6.22. The first-order valence-corrected chi connectivity index (χ1v) is 29.3. The highest BCUT2D eigenvalue weighted by molar-refractivity contribution is 5.71. The molecule has 0 unspecified atom stereocenters. The van der Waals surface area contributed by atoms with Crippen LogP contribution in [0, 0.1) is 0 Å². The second-order valence-electron chi connectivity index (χ2n) is 18.4. The lowest BCUT2D eigenvalue weighted by Gasteiger charge is -2.18. The Balaban J connectivity index is 4.68. The highest BCUT2D eigenvalue weighted by Crippen LogP contribution is 2.11. The minimum absolute atomic E-state index is 0.148. The predicted molar refractivity (Wildman–Crippen MR) is 324 cm³/mol. The van der Waals surface area contributed by atoms with E-state index in [1.807, 2.05) is 24.3 Å². The Hall–Kier alpha value is -5.49. The number of hydrogen-bond acceptors (Lipinski definition) is 6. The van der Waals surface area contributed by atoms with Crippen LogP contribution in [0.15, 0.2) is 182 Å². The van der Waals surface area contributed by atoms with E-state index in [1.54, 1.807) is 0 Å². The first kappa shape index (κ1) is 69.5. The van der Waals surface area contributed by atoms with Crippen LogP contribution in [0.5, 0.6) is 0 Å². The molecule has 0 aliphatic carbocycles. The minimum Gasteiger partial charge on any atom is -0.462 e. The SMILES string of the molecule is CC/C=C\C/C=C\C/C=C\C/C=C\C/C=C\C/C=C\CCC(=O)OC[C@@H](COC(=O)CCCCCCCC/C=C\C/C=C\C/C=C\CCCCC)OC(=O)CC/C=C\C/C=C\C/C=C\C/C=C\C/C=C\C/C=C\CC. The number of esters is 3. The largest absolute Gasteiger partial charge is 0.462 e. The molecule has 0 rings (SSSR count). The van der Waals surface area contributed by atoms with Crippen molar-refractivity contribution in [2.45, 2.75) is 219 Å². The van der Waals surface area contributed by atoms with Gasteiger partial charge in [0.1, 0.15) is 13.2 Å². The van der Waals surface area contributed by atoms with Gasteiger partial charge >= 0.3 is 17.9 Å². The molecule has 0 spiro atoms. The molecular weight excluding hydrogens is 925 g/mol. The van der Waals surface area contributed by atoms with Crippen LogP contribution in [0.4, 0.5) is 0 Å². The normalized spacial score (nSPS) is 13.5. The van der Waals surface area contributed by atoms with Crippen LogP contribution in [-0.4, -0.2) is 37.2 Å². The zero-order valence-corrected chi connectivity index (χ0v) is 47.5. The average Bonchev–Trinajstić information content (AvgIpc) is 3.41. The molecule has 0 N–H and O–H groups in total. The lowest BCUT2D eigenvalue weighted by molar-refractivity contribution is -0.166. The summed E-state index contributed by atoms with van der Waals surface area (Å²) < 4.78 is 16.7. The smallest absolute Gasteiger partial charge is 0.306 e. The summed E-state index contributed by atoms with van der Waals surface area (Å²) >= 11 is 0. The number of ether oxygens (including phenoxy) is 3. The van der Waals surface area contributed by atoms with Gasteiger partial charge in [-0.1, -0.05) is 242 Å². The number of carbonyl (C=O) groups is 3. The van der Waals surface area contributed by atoms with Gasteiger partial charge in [-0.05, 0) is 135 Å². The Morgan fingerprint density at radius 1 is 0.280 bits per heavy atom. The second kappa shape index (κ2) is 61.1. The first-order chi connectivity index (χ1) is 37.0. The molecule has 0 radical (unpaired) electrons.